The molecule has 0 spiro atoms. The number of carbonyl (C=O) groups is 1. The van der Waals surface area contributed by atoms with Gasteiger partial charge in [0, 0.05) is 17.2 Å². The quantitative estimate of drug-likeness (QED) is 0.610. The Bertz CT molecular complexity index is 354. The van der Waals surface area contributed by atoms with Gasteiger partial charge < -0.3 is 0 Å². The van der Waals surface area contributed by atoms with Crippen LogP contribution >= 0.6 is 39.3 Å². The molecule has 1 aromatic carbocycles. The zero-order valence-electron chi connectivity index (χ0n) is 8.43. The molecule has 0 aliphatic carbocycles. The summed E-state index contributed by atoms with van der Waals surface area (Å²) in [6, 6.07) is 6.01. The Morgan fingerprint density at radius 3 is 2.80 bits per heavy atom. The fourth-order valence-corrected chi connectivity index (χ4v) is 2.47. The number of alkyl halides is 2. The molecule has 15 heavy (non-hydrogen) atoms. The van der Waals surface area contributed by atoms with E-state index in [9.17, 15) is 4.79 Å². The standard InChI is InChI=1S/C11H12BrClOS/c1-15-11-5-8(4-10(14)6-12)2-3-9(11)7-13/h2-3,5H,4,6-7H2,1H3. The number of Topliss-reactive ketones (excluding diaryl/α,β-unsaturated/α-hetero) is 1. The summed E-state index contributed by atoms with van der Waals surface area (Å²) in [5.74, 6) is 0.712. The average molecular weight is 308 g/mol. The van der Waals surface area contributed by atoms with Crippen LogP contribution in [-0.4, -0.2) is 17.4 Å². The minimum absolute atomic E-state index is 0.195. The normalized spacial score (nSPS) is 10.3. The minimum atomic E-state index is 0.195. The van der Waals surface area contributed by atoms with Crippen LogP contribution in [0.15, 0.2) is 23.1 Å². The monoisotopic (exact) mass is 306 g/mol. The van der Waals surface area contributed by atoms with E-state index in [1.807, 2.05) is 24.5 Å². The zero-order chi connectivity index (χ0) is 11.3. The summed E-state index contributed by atoms with van der Waals surface area (Å²) < 4.78 is 0. The second-order valence-electron chi connectivity index (χ2n) is 3.13. The Hall–Kier alpha value is 0.01000. The molecular formula is C11H12BrClOS. The van der Waals surface area contributed by atoms with Gasteiger partial charge in [0.05, 0.1) is 5.33 Å². The van der Waals surface area contributed by atoms with Crippen molar-refractivity contribution in [3.8, 4) is 0 Å². The predicted molar refractivity (Wildman–Crippen MR) is 70.3 cm³/mol. The zero-order valence-corrected chi connectivity index (χ0v) is 11.6. The van der Waals surface area contributed by atoms with E-state index in [0.29, 0.717) is 17.6 Å². The van der Waals surface area contributed by atoms with Crippen LogP contribution in [0.4, 0.5) is 0 Å². The van der Waals surface area contributed by atoms with Gasteiger partial charge in [-0.3, -0.25) is 4.79 Å². The second-order valence-corrected chi connectivity index (χ2v) is 4.80. The lowest BCUT2D eigenvalue weighted by Gasteiger charge is -2.06. The number of carbonyl (C=O) groups excluding carboxylic acids is 1. The van der Waals surface area contributed by atoms with E-state index in [2.05, 4.69) is 15.9 Å². The second kappa shape index (κ2) is 6.56. The molecule has 0 saturated carbocycles. The van der Waals surface area contributed by atoms with Crippen molar-refractivity contribution >= 4 is 45.1 Å². The van der Waals surface area contributed by atoms with E-state index in [4.69, 9.17) is 11.6 Å². The van der Waals surface area contributed by atoms with Crippen molar-refractivity contribution in [2.24, 2.45) is 0 Å². The lowest BCUT2D eigenvalue weighted by molar-refractivity contribution is -0.115. The fraction of sp³-hybridized carbons (Fsp3) is 0.364. The molecule has 0 amide bonds. The van der Waals surface area contributed by atoms with Crippen molar-refractivity contribution < 1.29 is 4.79 Å². The van der Waals surface area contributed by atoms with Gasteiger partial charge in [0.2, 0.25) is 0 Å². The fourth-order valence-electron chi connectivity index (χ4n) is 1.28. The van der Waals surface area contributed by atoms with Crippen LogP contribution in [0.5, 0.6) is 0 Å². The molecule has 0 aromatic heterocycles. The molecule has 0 bridgehead atoms. The van der Waals surface area contributed by atoms with E-state index in [1.165, 1.54) is 0 Å². The van der Waals surface area contributed by atoms with Crippen LogP contribution in [0.25, 0.3) is 0 Å². The van der Waals surface area contributed by atoms with Crippen LogP contribution in [0, 0.1) is 0 Å². The molecule has 0 N–H and O–H groups in total. The third-order valence-corrected chi connectivity index (χ3v) is 3.78. The molecule has 82 valence electrons. The van der Waals surface area contributed by atoms with Gasteiger partial charge in [-0.2, -0.15) is 0 Å². The first-order chi connectivity index (χ1) is 7.21. The van der Waals surface area contributed by atoms with Crippen LogP contribution in [0.1, 0.15) is 11.1 Å². The Morgan fingerprint density at radius 2 is 2.27 bits per heavy atom. The highest BCUT2D eigenvalue weighted by molar-refractivity contribution is 9.09. The molecule has 1 rings (SSSR count). The SMILES string of the molecule is CSc1cc(CC(=O)CBr)ccc1CCl. The van der Waals surface area contributed by atoms with Crippen LogP contribution < -0.4 is 0 Å². The van der Waals surface area contributed by atoms with Gasteiger partial charge >= 0.3 is 0 Å². The van der Waals surface area contributed by atoms with Gasteiger partial charge in [-0.15, -0.1) is 23.4 Å². The Labute approximate surface area is 108 Å². The molecule has 0 aliphatic heterocycles. The number of hydrogen-bond acceptors (Lipinski definition) is 2. The third-order valence-electron chi connectivity index (χ3n) is 2.05. The first-order valence-corrected chi connectivity index (χ1v) is 7.38. The highest BCUT2D eigenvalue weighted by Crippen LogP contribution is 2.23. The van der Waals surface area contributed by atoms with Crippen LogP contribution in [0.2, 0.25) is 0 Å². The van der Waals surface area contributed by atoms with Gasteiger partial charge in [0.15, 0.2) is 0 Å². The van der Waals surface area contributed by atoms with Gasteiger partial charge in [-0.05, 0) is 23.4 Å². The summed E-state index contributed by atoms with van der Waals surface area (Å²) in [6.45, 7) is 0. The summed E-state index contributed by atoms with van der Waals surface area (Å²) in [4.78, 5) is 12.4. The van der Waals surface area contributed by atoms with Crippen molar-refractivity contribution in [2.45, 2.75) is 17.2 Å². The topological polar surface area (TPSA) is 17.1 Å². The van der Waals surface area contributed by atoms with Gasteiger partial charge in [-0.25, -0.2) is 0 Å². The molecule has 0 radical (unpaired) electrons. The first-order valence-electron chi connectivity index (χ1n) is 4.50. The molecule has 0 unspecified atom stereocenters. The van der Waals surface area contributed by atoms with E-state index in [-0.39, 0.29) is 5.78 Å². The van der Waals surface area contributed by atoms with Crippen molar-refractivity contribution in [1.29, 1.82) is 0 Å². The van der Waals surface area contributed by atoms with E-state index in [0.717, 1.165) is 16.0 Å². The van der Waals surface area contributed by atoms with Gasteiger partial charge in [0.25, 0.3) is 0 Å². The van der Waals surface area contributed by atoms with Crippen LogP contribution in [-0.2, 0) is 17.1 Å². The summed E-state index contributed by atoms with van der Waals surface area (Å²) in [6.07, 6.45) is 2.50. The molecule has 1 nitrogen and oxygen atoms in total. The predicted octanol–water partition coefficient (Wildman–Crippen LogP) is 3.65. The van der Waals surface area contributed by atoms with Crippen molar-refractivity contribution in [3.63, 3.8) is 0 Å². The molecule has 4 heteroatoms. The summed E-state index contributed by atoms with van der Waals surface area (Å²) in [5, 5.41) is 0.416. The number of thioether (sulfide) groups is 1. The molecule has 1 aromatic rings. The van der Waals surface area contributed by atoms with Crippen LogP contribution in [0.3, 0.4) is 0 Å². The number of halogens is 2. The number of rotatable bonds is 5. The van der Waals surface area contributed by atoms with Crippen molar-refractivity contribution in [2.75, 3.05) is 11.6 Å². The van der Waals surface area contributed by atoms with Gasteiger partial charge in [0.1, 0.15) is 5.78 Å². The molecular weight excluding hydrogens is 296 g/mol. The maximum Gasteiger partial charge on any atom is 0.147 e. The number of hydrogen-bond donors (Lipinski definition) is 0. The first kappa shape index (κ1) is 13.1. The highest BCUT2D eigenvalue weighted by Gasteiger charge is 2.05. The maximum atomic E-state index is 11.3. The van der Waals surface area contributed by atoms with Crippen molar-refractivity contribution in [1.82, 2.24) is 0 Å². The molecule has 0 aliphatic rings. The number of ketones is 1. The third kappa shape index (κ3) is 3.82. The molecule has 0 saturated heterocycles. The smallest absolute Gasteiger partial charge is 0.147 e. The highest BCUT2D eigenvalue weighted by atomic mass is 79.9. The summed E-state index contributed by atoms with van der Waals surface area (Å²) in [5.41, 5.74) is 2.18. The van der Waals surface area contributed by atoms with Crippen molar-refractivity contribution in [3.05, 3.63) is 29.3 Å². The molecule has 0 fully saturated rings. The Morgan fingerprint density at radius 1 is 1.53 bits per heavy atom. The molecule has 0 atom stereocenters. The van der Waals surface area contributed by atoms with E-state index >= 15 is 0 Å². The largest absolute Gasteiger partial charge is 0.298 e. The molecule has 0 heterocycles. The average Bonchev–Trinajstić information content (AvgIpc) is 2.28. The Kier molecular flexibility index (Phi) is 5.72. The number of benzene rings is 1. The minimum Gasteiger partial charge on any atom is -0.298 e. The lowest BCUT2D eigenvalue weighted by atomic mass is 10.1. The van der Waals surface area contributed by atoms with E-state index in [1.54, 1.807) is 11.8 Å². The summed E-state index contributed by atoms with van der Waals surface area (Å²) >= 11 is 10.6. The van der Waals surface area contributed by atoms with Gasteiger partial charge in [-0.1, -0.05) is 28.1 Å². The lowest BCUT2D eigenvalue weighted by Crippen LogP contribution is -2.03. The van der Waals surface area contributed by atoms with E-state index < -0.39 is 0 Å². The Balaban J connectivity index is 2.88. The summed E-state index contributed by atoms with van der Waals surface area (Å²) in [7, 11) is 0. The maximum absolute atomic E-state index is 11.3.